The van der Waals surface area contributed by atoms with Crippen LogP contribution in [0.4, 0.5) is 10.5 Å². The Balaban J connectivity index is 1.52. The predicted octanol–water partition coefficient (Wildman–Crippen LogP) is 2.55. The van der Waals surface area contributed by atoms with Crippen molar-refractivity contribution in [3.63, 3.8) is 0 Å². The van der Waals surface area contributed by atoms with Gasteiger partial charge in [0.25, 0.3) is 0 Å². The smallest absolute Gasteiger partial charge is 0.319 e. The standard InChI is InChI=1S/C18H26N6O/c1-12(2)17-21-20-16-7-6-14(10-24(16)17)19-18(25)23-11-15-5-4-8-22(15)9-13(23)3/h6-7,10,12-13,15H,4-5,8-9,11H2,1-3H3,(H,19,25). The van der Waals surface area contributed by atoms with Crippen molar-refractivity contribution in [1.29, 1.82) is 0 Å². The summed E-state index contributed by atoms with van der Waals surface area (Å²) in [5.74, 6) is 1.18. The molecule has 2 aromatic rings. The lowest BCUT2D eigenvalue weighted by Gasteiger charge is -2.42. The Labute approximate surface area is 148 Å². The van der Waals surface area contributed by atoms with Gasteiger partial charge in [-0.2, -0.15) is 0 Å². The molecule has 0 aromatic carbocycles. The highest BCUT2D eigenvalue weighted by molar-refractivity contribution is 5.89. The highest BCUT2D eigenvalue weighted by Crippen LogP contribution is 2.25. The maximum atomic E-state index is 12.8. The van der Waals surface area contributed by atoms with E-state index in [2.05, 4.69) is 41.2 Å². The summed E-state index contributed by atoms with van der Waals surface area (Å²) < 4.78 is 1.96. The number of carbonyl (C=O) groups excluding carboxylic acids is 1. The fourth-order valence-corrected chi connectivity index (χ4v) is 4.04. The summed E-state index contributed by atoms with van der Waals surface area (Å²) >= 11 is 0. The van der Waals surface area contributed by atoms with E-state index in [0.29, 0.717) is 6.04 Å². The van der Waals surface area contributed by atoms with E-state index in [4.69, 9.17) is 0 Å². The number of fused-ring (bicyclic) bond motifs is 2. The van der Waals surface area contributed by atoms with Crippen LogP contribution in [0.25, 0.3) is 5.65 Å². The van der Waals surface area contributed by atoms with Crippen LogP contribution in [-0.4, -0.2) is 62.1 Å². The summed E-state index contributed by atoms with van der Waals surface area (Å²) in [6, 6.07) is 4.53. The van der Waals surface area contributed by atoms with Crippen molar-refractivity contribution in [2.45, 2.75) is 51.6 Å². The third-order valence-corrected chi connectivity index (χ3v) is 5.39. The lowest BCUT2D eigenvalue weighted by molar-refractivity contribution is 0.0861. The molecule has 2 amide bonds. The second-order valence-corrected chi connectivity index (χ2v) is 7.58. The van der Waals surface area contributed by atoms with Crippen LogP contribution in [0, 0.1) is 0 Å². The number of nitrogens with zero attached hydrogens (tertiary/aromatic N) is 5. The second kappa shape index (κ2) is 6.29. The zero-order valence-corrected chi connectivity index (χ0v) is 15.1. The molecule has 2 fully saturated rings. The summed E-state index contributed by atoms with van der Waals surface area (Å²) in [6.45, 7) is 9.27. The van der Waals surface area contributed by atoms with Crippen LogP contribution in [0.1, 0.15) is 45.4 Å². The lowest BCUT2D eigenvalue weighted by Crippen LogP contribution is -2.57. The van der Waals surface area contributed by atoms with Crippen molar-refractivity contribution in [3.8, 4) is 0 Å². The van der Waals surface area contributed by atoms with E-state index in [1.54, 1.807) is 0 Å². The molecule has 0 saturated carbocycles. The van der Waals surface area contributed by atoms with Gasteiger partial charge in [-0.3, -0.25) is 9.30 Å². The van der Waals surface area contributed by atoms with Gasteiger partial charge in [0.2, 0.25) is 0 Å². The van der Waals surface area contributed by atoms with Crippen LogP contribution in [0.15, 0.2) is 18.3 Å². The van der Waals surface area contributed by atoms with Gasteiger partial charge in [-0.1, -0.05) is 13.8 Å². The first-order valence-electron chi connectivity index (χ1n) is 9.19. The molecule has 0 spiro atoms. The molecule has 2 aliphatic rings. The number of anilines is 1. The fraction of sp³-hybridized carbons (Fsp3) is 0.611. The highest BCUT2D eigenvalue weighted by Gasteiger charge is 2.36. The van der Waals surface area contributed by atoms with Crippen molar-refractivity contribution in [1.82, 2.24) is 24.4 Å². The predicted molar refractivity (Wildman–Crippen MR) is 96.9 cm³/mol. The Morgan fingerprint density at radius 3 is 2.92 bits per heavy atom. The van der Waals surface area contributed by atoms with Gasteiger partial charge in [0.05, 0.1) is 5.69 Å². The molecular weight excluding hydrogens is 316 g/mol. The minimum Gasteiger partial charge on any atom is -0.319 e. The van der Waals surface area contributed by atoms with Gasteiger partial charge in [0.15, 0.2) is 5.65 Å². The van der Waals surface area contributed by atoms with Crippen molar-refractivity contribution in [3.05, 3.63) is 24.2 Å². The van der Waals surface area contributed by atoms with Gasteiger partial charge < -0.3 is 10.2 Å². The Morgan fingerprint density at radius 1 is 1.28 bits per heavy atom. The average molecular weight is 342 g/mol. The Hall–Kier alpha value is -2.15. The lowest BCUT2D eigenvalue weighted by atomic mass is 10.1. The number of hydrogen-bond acceptors (Lipinski definition) is 4. The Morgan fingerprint density at radius 2 is 2.12 bits per heavy atom. The molecule has 25 heavy (non-hydrogen) atoms. The van der Waals surface area contributed by atoms with Crippen molar-refractivity contribution in [2.24, 2.45) is 0 Å². The quantitative estimate of drug-likeness (QED) is 0.911. The van der Waals surface area contributed by atoms with Crippen molar-refractivity contribution >= 4 is 17.4 Å². The van der Waals surface area contributed by atoms with Gasteiger partial charge in [0.1, 0.15) is 5.82 Å². The number of hydrogen-bond donors (Lipinski definition) is 1. The highest BCUT2D eigenvalue weighted by atomic mass is 16.2. The monoisotopic (exact) mass is 342 g/mol. The van der Waals surface area contributed by atoms with Crippen molar-refractivity contribution in [2.75, 3.05) is 25.0 Å². The molecule has 2 aliphatic heterocycles. The molecule has 7 heteroatoms. The molecule has 7 nitrogen and oxygen atoms in total. The summed E-state index contributed by atoms with van der Waals surface area (Å²) in [5, 5.41) is 11.5. The van der Waals surface area contributed by atoms with E-state index in [9.17, 15) is 4.79 Å². The topological polar surface area (TPSA) is 65.8 Å². The number of carbonyl (C=O) groups is 1. The SMILES string of the molecule is CC(C)c1nnc2ccc(NC(=O)N3CC4CCCN4CC3C)cn12. The van der Waals surface area contributed by atoms with Crippen LogP contribution in [-0.2, 0) is 0 Å². The summed E-state index contributed by atoms with van der Waals surface area (Å²) in [7, 11) is 0. The maximum Gasteiger partial charge on any atom is 0.322 e. The molecule has 4 heterocycles. The molecule has 134 valence electrons. The number of piperazine rings is 1. The van der Waals surface area contributed by atoms with Gasteiger partial charge in [-0.05, 0) is 38.4 Å². The summed E-state index contributed by atoms with van der Waals surface area (Å²) in [4.78, 5) is 17.3. The first-order valence-corrected chi connectivity index (χ1v) is 9.19. The third-order valence-electron chi connectivity index (χ3n) is 5.39. The van der Waals surface area contributed by atoms with Crippen LogP contribution < -0.4 is 5.32 Å². The molecule has 2 saturated heterocycles. The van der Waals surface area contributed by atoms with E-state index in [-0.39, 0.29) is 18.0 Å². The maximum absolute atomic E-state index is 12.8. The summed E-state index contributed by atoms with van der Waals surface area (Å²) in [5.41, 5.74) is 1.58. The molecule has 4 rings (SSSR count). The van der Waals surface area contributed by atoms with Crippen LogP contribution >= 0.6 is 0 Å². The normalized spacial score (nSPS) is 24.1. The average Bonchev–Trinajstić information content (AvgIpc) is 3.19. The number of pyridine rings is 1. The number of rotatable bonds is 2. The van der Waals surface area contributed by atoms with Crippen LogP contribution in [0.2, 0.25) is 0 Å². The van der Waals surface area contributed by atoms with Crippen LogP contribution in [0.5, 0.6) is 0 Å². The minimum atomic E-state index is -0.0161. The zero-order chi connectivity index (χ0) is 17.6. The summed E-state index contributed by atoms with van der Waals surface area (Å²) in [6.07, 6.45) is 4.36. The van der Waals surface area contributed by atoms with Gasteiger partial charge in [-0.25, -0.2) is 4.79 Å². The molecule has 0 bridgehead atoms. The van der Waals surface area contributed by atoms with Gasteiger partial charge in [-0.15, -0.1) is 10.2 Å². The number of nitrogens with one attached hydrogen (secondary N) is 1. The van der Waals surface area contributed by atoms with Crippen molar-refractivity contribution < 1.29 is 4.79 Å². The molecule has 1 N–H and O–H groups in total. The molecule has 2 atom stereocenters. The van der Waals surface area contributed by atoms with E-state index in [1.165, 1.54) is 19.4 Å². The molecule has 0 aliphatic carbocycles. The Kier molecular flexibility index (Phi) is 4.11. The van der Waals surface area contributed by atoms with Crippen LogP contribution in [0.3, 0.4) is 0 Å². The van der Waals surface area contributed by atoms with E-state index in [1.807, 2.05) is 27.6 Å². The molecule has 0 radical (unpaired) electrons. The van der Waals surface area contributed by atoms with E-state index >= 15 is 0 Å². The zero-order valence-electron chi connectivity index (χ0n) is 15.1. The molecular formula is C18H26N6O. The first-order chi connectivity index (χ1) is 12.0. The first kappa shape index (κ1) is 16.3. The number of aromatic nitrogens is 3. The minimum absolute atomic E-state index is 0.0161. The van der Waals surface area contributed by atoms with Gasteiger partial charge >= 0.3 is 6.03 Å². The van der Waals surface area contributed by atoms with E-state index in [0.717, 1.165) is 30.2 Å². The molecule has 2 unspecified atom stereocenters. The fourth-order valence-electron chi connectivity index (χ4n) is 4.04. The van der Waals surface area contributed by atoms with E-state index < -0.39 is 0 Å². The molecule has 2 aromatic heterocycles. The largest absolute Gasteiger partial charge is 0.322 e. The number of amides is 2. The Bertz CT molecular complexity index is 785. The third kappa shape index (κ3) is 2.97. The van der Waals surface area contributed by atoms with Gasteiger partial charge in [0, 0.05) is 37.3 Å². The second-order valence-electron chi connectivity index (χ2n) is 7.58. The number of urea groups is 1.